The van der Waals surface area contributed by atoms with Crippen molar-refractivity contribution >= 4 is 29.2 Å². The maximum Gasteiger partial charge on any atom is 0.322 e. The fourth-order valence-corrected chi connectivity index (χ4v) is 2.96. The first-order chi connectivity index (χ1) is 15.5. The SMILES string of the molecule is CN(C)c1ccc(C(=O)Nc2ccc(C(=O)Nc3nnc(-c4ccccc4)o3)cc2)cc1. The van der Waals surface area contributed by atoms with Crippen LogP contribution in [0.15, 0.2) is 83.3 Å². The van der Waals surface area contributed by atoms with E-state index < -0.39 is 5.91 Å². The minimum absolute atomic E-state index is 0.00686. The number of benzene rings is 3. The van der Waals surface area contributed by atoms with Gasteiger partial charge in [0.1, 0.15) is 0 Å². The summed E-state index contributed by atoms with van der Waals surface area (Å²) in [4.78, 5) is 26.9. The van der Waals surface area contributed by atoms with E-state index in [-0.39, 0.29) is 11.9 Å². The third-order valence-corrected chi connectivity index (χ3v) is 4.72. The highest BCUT2D eigenvalue weighted by atomic mass is 16.4. The summed E-state index contributed by atoms with van der Waals surface area (Å²) in [6.45, 7) is 0. The molecule has 0 aliphatic carbocycles. The smallest absolute Gasteiger partial charge is 0.322 e. The van der Waals surface area contributed by atoms with Crippen LogP contribution in [0.2, 0.25) is 0 Å². The molecule has 0 atom stereocenters. The Morgan fingerprint density at radius 3 is 1.97 bits per heavy atom. The lowest BCUT2D eigenvalue weighted by Crippen LogP contribution is -2.14. The van der Waals surface area contributed by atoms with Gasteiger partial charge in [-0.1, -0.05) is 23.3 Å². The van der Waals surface area contributed by atoms with E-state index in [1.165, 1.54) is 0 Å². The van der Waals surface area contributed by atoms with E-state index >= 15 is 0 Å². The lowest BCUT2D eigenvalue weighted by molar-refractivity contribution is 0.101. The Hall–Kier alpha value is -4.46. The molecule has 0 saturated carbocycles. The van der Waals surface area contributed by atoms with Crippen LogP contribution in [0.5, 0.6) is 0 Å². The van der Waals surface area contributed by atoms with Gasteiger partial charge in [0.15, 0.2) is 0 Å². The standard InChI is InChI=1S/C24H21N5O3/c1-29(2)20-14-10-17(11-15-20)21(30)25-19-12-8-16(9-13-19)22(31)26-24-28-27-23(32-24)18-6-4-3-5-7-18/h3-15H,1-2H3,(H,25,30)(H,26,28,31). The summed E-state index contributed by atoms with van der Waals surface area (Å²) in [6, 6.07) is 23.1. The summed E-state index contributed by atoms with van der Waals surface area (Å²) < 4.78 is 5.50. The zero-order chi connectivity index (χ0) is 22.5. The fourth-order valence-electron chi connectivity index (χ4n) is 2.96. The van der Waals surface area contributed by atoms with Crippen LogP contribution in [-0.2, 0) is 0 Å². The average molecular weight is 427 g/mol. The second-order valence-corrected chi connectivity index (χ2v) is 7.21. The van der Waals surface area contributed by atoms with Crippen LogP contribution >= 0.6 is 0 Å². The van der Waals surface area contributed by atoms with Gasteiger partial charge in [-0.25, -0.2) is 0 Å². The van der Waals surface area contributed by atoms with E-state index in [2.05, 4.69) is 20.8 Å². The Morgan fingerprint density at radius 2 is 1.34 bits per heavy atom. The van der Waals surface area contributed by atoms with Gasteiger partial charge in [-0.3, -0.25) is 14.9 Å². The van der Waals surface area contributed by atoms with E-state index in [0.717, 1.165) is 11.3 Å². The van der Waals surface area contributed by atoms with Gasteiger partial charge in [0.25, 0.3) is 11.8 Å². The lowest BCUT2D eigenvalue weighted by atomic mass is 10.1. The van der Waals surface area contributed by atoms with Crippen molar-refractivity contribution in [1.29, 1.82) is 0 Å². The van der Waals surface area contributed by atoms with Gasteiger partial charge in [0, 0.05) is 42.2 Å². The Bertz CT molecular complexity index is 1220. The molecule has 4 aromatic rings. The summed E-state index contributed by atoms with van der Waals surface area (Å²) in [5.41, 5.74) is 3.28. The maximum atomic E-state index is 12.5. The van der Waals surface area contributed by atoms with E-state index in [4.69, 9.17) is 4.42 Å². The largest absolute Gasteiger partial charge is 0.403 e. The highest BCUT2D eigenvalue weighted by Gasteiger charge is 2.13. The summed E-state index contributed by atoms with van der Waals surface area (Å²) in [7, 11) is 3.88. The predicted octanol–water partition coefficient (Wildman–Crippen LogP) is 4.31. The van der Waals surface area contributed by atoms with E-state index in [1.807, 2.05) is 61.5 Å². The molecule has 1 heterocycles. The van der Waals surface area contributed by atoms with Gasteiger partial charge in [-0.05, 0) is 60.7 Å². The minimum atomic E-state index is -0.398. The minimum Gasteiger partial charge on any atom is -0.403 e. The molecule has 32 heavy (non-hydrogen) atoms. The number of amides is 2. The molecular weight excluding hydrogens is 406 g/mol. The normalized spacial score (nSPS) is 10.4. The number of nitrogens with zero attached hydrogens (tertiary/aromatic N) is 3. The molecule has 160 valence electrons. The van der Waals surface area contributed by atoms with Crippen LogP contribution in [0.3, 0.4) is 0 Å². The van der Waals surface area contributed by atoms with Crippen LogP contribution in [-0.4, -0.2) is 36.1 Å². The molecule has 4 rings (SSSR count). The van der Waals surface area contributed by atoms with Gasteiger partial charge >= 0.3 is 6.01 Å². The molecule has 0 unspecified atom stereocenters. The number of carbonyl (C=O) groups is 2. The molecule has 0 aliphatic heterocycles. The molecule has 0 saturated heterocycles. The Labute approximate surface area is 184 Å². The van der Waals surface area contributed by atoms with Gasteiger partial charge < -0.3 is 14.6 Å². The number of rotatable bonds is 6. The van der Waals surface area contributed by atoms with Crippen molar-refractivity contribution < 1.29 is 14.0 Å². The first-order valence-electron chi connectivity index (χ1n) is 9.89. The third kappa shape index (κ3) is 4.81. The topological polar surface area (TPSA) is 100 Å². The van der Waals surface area contributed by atoms with Crippen LogP contribution in [0.4, 0.5) is 17.4 Å². The number of carbonyl (C=O) groups excluding carboxylic acids is 2. The molecule has 8 heteroatoms. The van der Waals surface area contributed by atoms with Crippen molar-refractivity contribution in [3.8, 4) is 11.5 Å². The monoisotopic (exact) mass is 427 g/mol. The number of anilines is 3. The lowest BCUT2D eigenvalue weighted by Gasteiger charge is -2.12. The Morgan fingerprint density at radius 1 is 0.750 bits per heavy atom. The molecule has 0 spiro atoms. The summed E-state index contributed by atoms with van der Waals surface area (Å²) in [5.74, 6) is -0.310. The number of hydrogen-bond donors (Lipinski definition) is 2. The second kappa shape index (κ2) is 9.13. The molecule has 3 aromatic carbocycles. The maximum absolute atomic E-state index is 12.5. The summed E-state index contributed by atoms with van der Waals surface area (Å²) in [6.07, 6.45) is 0. The van der Waals surface area contributed by atoms with Crippen molar-refractivity contribution in [3.05, 3.63) is 90.0 Å². The summed E-state index contributed by atoms with van der Waals surface area (Å²) >= 11 is 0. The van der Waals surface area contributed by atoms with Crippen molar-refractivity contribution in [3.63, 3.8) is 0 Å². The Balaban J connectivity index is 1.37. The highest BCUT2D eigenvalue weighted by molar-refractivity contribution is 6.06. The molecule has 0 aliphatic rings. The second-order valence-electron chi connectivity index (χ2n) is 7.21. The number of hydrogen-bond acceptors (Lipinski definition) is 6. The van der Waals surface area contributed by atoms with Crippen LogP contribution in [0.25, 0.3) is 11.5 Å². The van der Waals surface area contributed by atoms with Crippen LogP contribution in [0.1, 0.15) is 20.7 Å². The first kappa shape index (κ1) is 20.8. The Kier molecular flexibility index (Phi) is 5.94. The van der Waals surface area contributed by atoms with Gasteiger partial charge in [0.05, 0.1) is 0 Å². The molecular formula is C24H21N5O3. The quantitative estimate of drug-likeness (QED) is 0.476. The van der Waals surface area contributed by atoms with Crippen molar-refractivity contribution in [2.45, 2.75) is 0 Å². The van der Waals surface area contributed by atoms with Crippen LogP contribution in [0, 0.1) is 0 Å². The zero-order valence-electron chi connectivity index (χ0n) is 17.6. The molecule has 2 N–H and O–H groups in total. The fraction of sp³-hybridized carbons (Fsp3) is 0.0833. The number of aromatic nitrogens is 2. The molecule has 0 bridgehead atoms. The van der Waals surface area contributed by atoms with Gasteiger partial charge in [-0.2, -0.15) is 0 Å². The van der Waals surface area contributed by atoms with Crippen LogP contribution < -0.4 is 15.5 Å². The average Bonchev–Trinajstić information content (AvgIpc) is 3.28. The molecule has 1 aromatic heterocycles. The zero-order valence-corrected chi connectivity index (χ0v) is 17.6. The predicted molar refractivity (Wildman–Crippen MR) is 123 cm³/mol. The van der Waals surface area contributed by atoms with Gasteiger partial charge in [0.2, 0.25) is 5.89 Å². The van der Waals surface area contributed by atoms with E-state index in [9.17, 15) is 9.59 Å². The number of nitrogens with one attached hydrogen (secondary N) is 2. The van der Waals surface area contributed by atoms with Gasteiger partial charge in [-0.15, -0.1) is 5.10 Å². The molecule has 0 radical (unpaired) electrons. The molecule has 0 fully saturated rings. The first-order valence-corrected chi connectivity index (χ1v) is 9.89. The van der Waals surface area contributed by atoms with Crippen molar-refractivity contribution in [2.75, 3.05) is 29.6 Å². The molecule has 2 amide bonds. The third-order valence-electron chi connectivity index (χ3n) is 4.72. The van der Waals surface area contributed by atoms with E-state index in [1.54, 1.807) is 36.4 Å². The van der Waals surface area contributed by atoms with Crippen molar-refractivity contribution in [2.24, 2.45) is 0 Å². The summed E-state index contributed by atoms with van der Waals surface area (Å²) in [5, 5.41) is 13.2. The van der Waals surface area contributed by atoms with E-state index in [0.29, 0.717) is 22.7 Å². The highest BCUT2D eigenvalue weighted by Crippen LogP contribution is 2.20. The molecule has 8 nitrogen and oxygen atoms in total. The van der Waals surface area contributed by atoms with Crippen molar-refractivity contribution in [1.82, 2.24) is 10.2 Å².